The standard InChI is InChI=1S/C11H25N3O/c1-5-9(3)14(7-8-15-4)10(6-2)11(12)13/h9-10H,5-8H2,1-4H3,(H3,12,13). The molecule has 0 spiro atoms. The molecule has 4 heteroatoms. The lowest BCUT2D eigenvalue weighted by atomic mass is 10.1. The van der Waals surface area contributed by atoms with Gasteiger partial charge in [0.05, 0.1) is 12.6 Å². The zero-order valence-electron chi connectivity index (χ0n) is 10.4. The van der Waals surface area contributed by atoms with Crippen LogP contribution in [0, 0.1) is 5.41 Å². The van der Waals surface area contributed by atoms with Gasteiger partial charge in [-0.2, -0.15) is 0 Å². The second-order valence-corrected chi connectivity index (χ2v) is 3.87. The van der Waals surface area contributed by atoms with Crippen molar-refractivity contribution >= 4 is 5.84 Å². The SMILES string of the molecule is CCC(C)N(CCOC)C(CC)C(=N)N. The number of rotatable bonds is 8. The molecule has 90 valence electrons. The van der Waals surface area contributed by atoms with Crippen molar-refractivity contribution in [3.8, 4) is 0 Å². The minimum Gasteiger partial charge on any atom is -0.386 e. The fourth-order valence-electron chi connectivity index (χ4n) is 1.75. The van der Waals surface area contributed by atoms with E-state index in [1.807, 2.05) is 0 Å². The number of hydrogen-bond acceptors (Lipinski definition) is 3. The molecule has 0 heterocycles. The summed E-state index contributed by atoms with van der Waals surface area (Å²) in [4.78, 5) is 2.26. The molecule has 0 aliphatic heterocycles. The molecule has 0 fully saturated rings. The molecule has 0 aromatic carbocycles. The highest BCUT2D eigenvalue weighted by Crippen LogP contribution is 2.11. The van der Waals surface area contributed by atoms with Gasteiger partial charge in [0.1, 0.15) is 5.84 Å². The van der Waals surface area contributed by atoms with Crippen molar-refractivity contribution < 1.29 is 4.74 Å². The van der Waals surface area contributed by atoms with Gasteiger partial charge in [0.15, 0.2) is 0 Å². The van der Waals surface area contributed by atoms with Gasteiger partial charge in [0.2, 0.25) is 0 Å². The Hall–Kier alpha value is -0.610. The van der Waals surface area contributed by atoms with Crippen molar-refractivity contribution in [3.63, 3.8) is 0 Å². The number of nitrogens with zero attached hydrogens (tertiary/aromatic N) is 1. The summed E-state index contributed by atoms with van der Waals surface area (Å²) in [5, 5.41) is 7.58. The van der Waals surface area contributed by atoms with Crippen LogP contribution in [0.1, 0.15) is 33.6 Å². The first-order valence-electron chi connectivity index (χ1n) is 5.66. The van der Waals surface area contributed by atoms with Crippen LogP contribution in [-0.2, 0) is 4.74 Å². The Labute approximate surface area is 93.3 Å². The fourth-order valence-corrected chi connectivity index (χ4v) is 1.75. The van der Waals surface area contributed by atoms with E-state index in [0.717, 1.165) is 19.4 Å². The van der Waals surface area contributed by atoms with E-state index in [-0.39, 0.29) is 11.9 Å². The molecule has 0 amide bonds. The minimum atomic E-state index is 0.0510. The van der Waals surface area contributed by atoms with Crippen molar-refractivity contribution in [1.82, 2.24) is 4.90 Å². The van der Waals surface area contributed by atoms with Crippen LogP contribution >= 0.6 is 0 Å². The van der Waals surface area contributed by atoms with Crippen LogP contribution in [0.5, 0.6) is 0 Å². The summed E-state index contributed by atoms with van der Waals surface area (Å²) in [6.45, 7) is 7.91. The molecule has 0 aromatic rings. The van der Waals surface area contributed by atoms with E-state index >= 15 is 0 Å². The maximum absolute atomic E-state index is 7.58. The van der Waals surface area contributed by atoms with Crippen molar-refractivity contribution in [2.45, 2.75) is 45.7 Å². The summed E-state index contributed by atoms with van der Waals surface area (Å²) >= 11 is 0. The van der Waals surface area contributed by atoms with E-state index in [0.29, 0.717) is 12.6 Å². The number of nitrogens with two attached hydrogens (primary N) is 1. The number of hydrogen-bond donors (Lipinski definition) is 2. The Bertz CT molecular complexity index is 185. The minimum absolute atomic E-state index is 0.0510. The van der Waals surface area contributed by atoms with E-state index < -0.39 is 0 Å². The molecule has 15 heavy (non-hydrogen) atoms. The Morgan fingerprint density at radius 3 is 2.33 bits per heavy atom. The van der Waals surface area contributed by atoms with Gasteiger partial charge in [0.25, 0.3) is 0 Å². The third-order valence-electron chi connectivity index (χ3n) is 2.86. The molecule has 0 saturated carbocycles. The van der Waals surface area contributed by atoms with E-state index in [4.69, 9.17) is 15.9 Å². The summed E-state index contributed by atoms with van der Waals surface area (Å²) in [7, 11) is 1.70. The van der Waals surface area contributed by atoms with Crippen LogP contribution in [-0.4, -0.2) is 43.1 Å². The number of ether oxygens (including phenoxy) is 1. The third-order valence-corrected chi connectivity index (χ3v) is 2.86. The van der Waals surface area contributed by atoms with Crippen LogP contribution in [0.3, 0.4) is 0 Å². The highest BCUT2D eigenvalue weighted by atomic mass is 16.5. The lowest BCUT2D eigenvalue weighted by molar-refractivity contribution is 0.107. The van der Waals surface area contributed by atoms with E-state index in [9.17, 15) is 0 Å². The van der Waals surface area contributed by atoms with Crippen molar-refractivity contribution in [2.75, 3.05) is 20.3 Å². The molecular weight excluding hydrogens is 190 g/mol. The summed E-state index contributed by atoms with van der Waals surface area (Å²) in [5.74, 6) is 0.258. The molecule has 0 aliphatic carbocycles. The largest absolute Gasteiger partial charge is 0.386 e. The molecule has 0 aliphatic rings. The van der Waals surface area contributed by atoms with Gasteiger partial charge in [-0.1, -0.05) is 13.8 Å². The predicted molar refractivity (Wildman–Crippen MR) is 64.3 cm³/mol. The van der Waals surface area contributed by atoms with Crippen molar-refractivity contribution in [3.05, 3.63) is 0 Å². The van der Waals surface area contributed by atoms with Gasteiger partial charge in [0, 0.05) is 19.7 Å². The van der Waals surface area contributed by atoms with Crippen LogP contribution < -0.4 is 5.73 Å². The van der Waals surface area contributed by atoms with Crippen molar-refractivity contribution in [1.29, 1.82) is 5.41 Å². The Morgan fingerprint density at radius 2 is 2.00 bits per heavy atom. The summed E-state index contributed by atoms with van der Waals surface area (Å²) < 4.78 is 5.09. The second-order valence-electron chi connectivity index (χ2n) is 3.87. The molecular formula is C11H25N3O. The molecule has 0 rings (SSSR count). The first-order valence-corrected chi connectivity index (χ1v) is 5.66. The molecule has 4 nitrogen and oxygen atoms in total. The molecule has 0 aromatic heterocycles. The lowest BCUT2D eigenvalue weighted by Gasteiger charge is -2.34. The van der Waals surface area contributed by atoms with Gasteiger partial charge in [-0.3, -0.25) is 10.3 Å². The van der Waals surface area contributed by atoms with Crippen molar-refractivity contribution in [2.24, 2.45) is 5.73 Å². The lowest BCUT2D eigenvalue weighted by Crippen LogP contribution is -2.49. The Balaban J connectivity index is 4.49. The third kappa shape index (κ3) is 4.62. The first kappa shape index (κ1) is 14.4. The fraction of sp³-hybridized carbons (Fsp3) is 0.909. The second kappa shape index (κ2) is 7.65. The zero-order chi connectivity index (χ0) is 11.8. The molecule has 2 unspecified atom stereocenters. The van der Waals surface area contributed by atoms with Crippen LogP contribution in [0.25, 0.3) is 0 Å². The van der Waals surface area contributed by atoms with Crippen LogP contribution in [0.2, 0.25) is 0 Å². The highest BCUT2D eigenvalue weighted by Gasteiger charge is 2.22. The van der Waals surface area contributed by atoms with Gasteiger partial charge in [-0.15, -0.1) is 0 Å². The smallest absolute Gasteiger partial charge is 0.108 e. The van der Waals surface area contributed by atoms with Crippen LogP contribution in [0.15, 0.2) is 0 Å². The maximum atomic E-state index is 7.58. The normalized spacial score (nSPS) is 15.3. The Kier molecular flexibility index (Phi) is 7.34. The average molecular weight is 215 g/mol. The van der Waals surface area contributed by atoms with E-state index in [2.05, 4.69) is 25.7 Å². The zero-order valence-corrected chi connectivity index (χ0v) is 10.4. The monoisotopic (exact) mass is 215 g/mol. The molecule has 0 radical (unpaired) electrons. The van der Waals surface area contributed by atoms with E-state index in [1.165, 1.54) is 0 Å². The average Bonchev–Trinajstić information content (AvgIpc) is 2.22. The first-order chi connectivity index (χ1) is 7.08. The number of nitrogens with one attached hydrogen (secondary N) is 1. The quantitative estimate of drug-likeness (QED) is 0.476. The van der Waals surface area contributed by atoms with Crippen LogP contribution in [0.4, 0.5) is 0 Å². The Morgan fingerprint density at radius 1 is 1.40 bits per heavy atom. The summed E-state index contributed by atoms with van der Waals surface area (Å²) in [6.07, 6.45) is 1.94. The predicted octanol–water partition coefficient (Wildman–Crippen LogP) is 1.45. The number of amidine groups is 1. The molecule has 0 saturated heterocycles. The van der Waals surface area contributed by atoms with Gasteiger partial charge < -0.3 is 10.5 Å². The summed E-state index contributed by atoms with van der Waals surface area (Å²) in [5.41, 5.74) is 5.61. The topological polar surface area (TPSA) is 62.3 Å². The molecule has 3 N–H and O–H groups in total. The number of methoxy groups -OCH3 is 1. The van der Waals surface area contributed by atoms with E-state index in [1.54, 1.807) is 7.11 Å². The molecule has 0 bridgehead atoms. The van der Waals surface area contributed by atoms with Gasteiger partial charge in [-0.05, 0) is 19.8 Å². The highest BCUT2D eigenvalue weighted by molar-refractivity contribution is 5.82. The van der Waals surface area contributed by atoms with Gasteiger partial charge >= 0.3 is 0 Å². The molecule has 2 atom stereocenters. The summed E-state index contributed by atoms with van der Waals surface area (Å²) in [6, 6.07) is 0.490. The maximum Gasteiger partial charge on any atom is 0.108 e. The van der Waals surface area contributed by atoms with Gasteiger partial charge in [-0.25, -0.2) is 0 Å².